The van der Waals surface area contributed by atoms with Crippen LogP contribution in [-0.2, 0) is 4.79 Å². The second-order valence-corrected chi connectivity index (χ2v) is 5.32. The molecule has 0 aliphatic heterocycles. The summed E-state index contributed by atoms with van der Waals surface area (Å²) in [6, 6.07) is 10.0. The minimum absolute atomic E-state index is 0.00598. The van der Waals surface area contributed by atoms with Crippen LogP contribution in [0, 0.1) is 12.7 Å². The van der Waals surface area contributed by atoms with Crippen molar-refractivity contribution in [3.05, 3.63) is 65.0 Å². The lowest BCUT2D eigenvalue weighted by Gasteiger charge is -2.10. The second-order valence-electron chi connectivity index (χ2n) is 5.32. The Morgan fingerprint density at radius 3 is 2.33 bits per heavy atom. The molecule has 2 rings (SSSR count). The summed E-state index contributed by atoms with van der Waals surface area (Å²) in [5.41, 5.74) is 7.00. The van der Waals surface area contributed by atoms with Crippen LogP contribution in [0.3, 0.4) is 0 Å². The van der Waals surface area contributed by atoms with Crippen molar-refractivity contribution < 1.29 is 18.8 Å². The maximum atomic E-state index is 12.8. The molecular formula is C18H17FN2O3. The number of halogens is 1. The highest BCUT2D eigenvalue weighted by molar-refractivity contribution is 6.01. The number of rotatable bonds is 6. The number of primary amides is 1. The van der Waals surface area contributed by atoms with E-state index in [1.165, 1.54) is 24.3 Å². The number of hydrogen-bond donors (Lipinski definition) is 2. The third-order valence-corrected chi connectivity index (χ3v) is 3.62. The van der Waals surface area contributed by atoms with Gasteiger partial charge in [0.05, 0.1) is 0 Å². The normalized spacial score (nSPS) is 10.2. The summed E-state index contributed by atoms with van der Waals surface area (Å²) >= 11 is 0. The maximum Gasteiger partial charge on any atom is 0.249 e. The van der Waals surface area contributed by atoms with E-state index in [0.717, 1.165) is 0 Å². The molecule has 2 aromatic carbocycles. The van der Waals surface area contributed by atoms with Gasteiger partial charge in [0.15, 0.2) is 5.78 Å². The molecular weight excluding hydrogens is 311 g/mol. The topological polar surface area (TPSA) is 89.3 Å². The Hall–Kier alpha value is -3.02. The van der Waals surface area contributed by atoms with Crippen molar-refractivity contribution in [1.29, 1.82) is 0 Å². The molecule has 0 heterocycles. The molecule has 6 heteroatoms. The first-order valence-electron chi connectivity index (χ1n) is 7.36. The van der Waals surface area contributed by atoms with Crippen molar-refractivity contribution in [3.8, 4) is 0 Å². The van der Waals surface area contributed by atoms with E-state index < -0.39 is 11.7 Å². The zero-order chi connectivity index (χ0) is 17.7. The van der Waals surface area contributed by atoms with Gasteiger partial charge in [-0.25, -0.2) is 4.39 Å². The summed E-state index contributed by atoms with van der Waals surface area (Å²) in [4.78, 5) is 35.2. The fourth-order valence-corrected chi connectivity index (χ4v) is 2.26. The number of anilines is 1. The van der Waals surface area contributed by atoms with Gasteiger partial charge in [-0.05, 0) is 48.9 Å². The Balaban J connectivity index is 1.96. The first kappa shape index (κ1) is 17.3. The van der Waals surface area contributed by atoms with Crippen LogP contribution in [0.2, 0.25) is 0 Å². The van der Waals surface area contributed by atoms with E-state index in [1.54, 1.807) is 25.1 Å². The molecule has 0 radical (unpaired) electrons. The number of ketones is 1. The minimum atomic E-state index is -0.574. The Morgan fingerprint density at radius 1 is 1.04 bits per heavy atom. The lowest BCUT2D eigenvalue weighted by atomic mass is 10.0. The van der Waals surface area contributed by atoms with Gasteiger partial charge in [0, 0.05) is 29.7 Å². The van der Waals surface area contributed by atoms with Gasteiger partial charge in [-0.15, -0.1) is 0 Å². The molecule has 0 aliphatic carbocycles. The van der Waals surface area contributed by atoms with Gasteiger partial charge in [-0.1, -0.05) is 6.07 Å². The second kappa shape index (κ2) is 7.50. The molecule has 124 valence electrons. The molecule has 0 saturated heterocycles. The van der Waals surface area contributed by atoms with Gasteiger partial charge in [0.2, 0.25) is 11.8 Å². The first-order valence-corrected chi connectivity index (χ1v) is 7.36. The number of benzene rings is 2. The number of nitrogens with two attached hydrogens (primary N) is 1. The van der Waals surface area contributed by atoms with Crippen molar-refractivity contribution in [2.24, 2.45) is 5.73 Å². The van der Waals surface area contributed by atoms with Gasteiger partial charge in [0.25, 0.3) is 0 Å². The molecule has 2 amide bonds. The van der Waals surface area contributed by atoms with Crippen molar-refractivity contribution in [2.75, 3.05) is 5.32 Å². The smallest absolute Gasteiger partial charge is 0.249 e. The Kier molecular flexibility index (Phi) is 5.42. The summed E-state index contributed by atoms with van der Waals surface area (Å²) in [6.07, 6.45) is -0.0114. The monoisotopic (exact) mass is 328 g/mol. The van der Waals surface area contributed by atoms with Crippen molar-refractivity contribution in [2.45, 2.75) is 19.8 Å². The number of carbonyl (C=O) groups excluding carboxylic acids is 3. The van der Waals surface area contributed by atoms with Gasteiger partial charge < -0.3 is 11.1 Å². The molecule has 0 spiro atoms. The molecule has 0 atom stereocenters. The van der Waals surface area contributed by atoms with E-state index in [4.69, 9.17) is 5.73 Å². The van der Waals surface area contributed by atoms with Gasteiger partial charge in [-0.2, -0.15) is 0 Å². The average molecular weight is 328 g/mol. The van der Waals surface area contributed by atoms with E-state index in [2.05, 4.69) is 5.32 Å². The predicted octanol–water partition coefficient (Wildman–Crippen LogP) is 2.83. The summed E-state index contributed by atoms with van der Waals surface area (Å²) in [5.74, 6) is -1.59. The molecule has 0 unspecified atom stereocenters. The standard InChI is InChI=1S/C18H17FN2O3/c1-11-14(18(20)24)3-2-4-15(11)21-17(23)10-9-16(22)12-5-7-13(19)8-6-12/h2-8H,9-10H2,1H3,(H2,20,24)(H,21,23). The van der Waals surface area contributed by atoms with Crippen molar-refractivity contribution in [3.63, 3.8) is 0 Å². The van der Waals surface area contributed by atoms with Crippen LogP contribution in [0.25, 0.3) is 0 Å². The summed E-state index contributed by atoms with van der Waals surface area (Å²) in [5, 5.41) is 2.66. The van der Waals surface area contributed by atoms with Crippen LogP contribution in [0.15, 0.2) is 42.5 Å². The molecule has 24 heavy (non-hydrogen) atoms. The highest BCUT2D eigenvalue weighted by atomic mass is 19.1. The summed E-state index contributed by atoms with van der Waals surface area (Å²) in [7, 11) is 0. The Labute approximate surface area is 138 Å². The van der Waals surface area contributed by atoms with Crippen LogP contribution in [0.1, 0.15) is 39.1 Å². The third kappa shape index (κ3) is 4.25. The fraction of sp³-hybridized carbons (Fsp3) is 0.167. The van der Waals surface area contributed by atoms with E-state index in [9.17, 15) is 18.8 Å². The molecule has 0 bridgehead atoms. The van der Waals surface area contributed by atoms with Crippen LogP contribution in [0.5, 0.6) is 0 Å². The van der Waals surface area contributed by atoms with E-state index in [0.29, 0.717) is 22.4 Å². The highest BCUT2D eigenvalue weighted by Crippen LogP contribution is 2.19. The van der Waals surface area contributed by atoms with Gasteiger partial charge in [-0.3, -0.25) is 14.4 Å². The quantitative estimate of drug-likeness (QED) is 0.799. The number of hydrogen-bond acceptors (Lipinski definition) is 3. The molecule has 2 aromatic rings. The highest BCUT2D eigenvalue weighted by Gasteiger charge is 2.13. The van der Waals surface area contributed by atoms with E-state index >= 15 is 0 Å². The van der Waals surface area contributed by atoms with Crippen molar-refractivity contribution in [1.82, 2.24) is 0 Å². The molecule has 0 aromatic heterocycles. The number of nitrogens with one attached hydrogen (secondary N) is 1. The summed E-state index contributed by atoms with van der Waals surface area (Å²) in [6.45, 7) is 1.68. The minimum Gasteiger partial charge on any atom is -0.366 e. The number of carbonyl (C=O) groups is 3. The lowest BCUT2D eigenvalue weighted by molar-refractivity contribution is -0.116. The Morgan fingerprint density at radius 2 is 1.71 bits per heavy atom. The van der Waals surface area contributed by atoms with E-state index in [1.807, 2.05) is 0 Å². The van der Waals surface area contributed by atoms with Crippen LogP contribution in [-0.4, -0.2) is 17.6 Å². The van der Waals surface area contributed by atoms with Crippen molar-refractivity contribution >= 4 is 23.3 Å². The van der Waals surface area contributed by atoms with Crippen LogP contribution >= 0.6 is 0 Å². The van der Waals surface area contributed by atoms with Gasteiger partial charge in [0.1, 0.15) is 5.82 Å². The molecule has 5 nitrogen and oxygen atoms in total. The predicted molar refractivity (Wildman–Crippen MR) is 88.3 cm³/mol. The Bertz CT molecular complexity index is 785. The maximum absolute atomic E-state index is 12.8. The number of Topliss-reactive ketones (excluding diaryl/α,β-unsaturated/α-hetero) is 1. The zero-order valence-electron chi connectivity index (χ0n) is 13.1. The molecule has 3 N–H and O–H groups in total. The van der Waals surface area contributed by atoms with E-state index in [-0.39, 0.29) is 24.5 Å². The van der Waals surface area contributed by atoms with Gasteiger partial charge >= 0.3 is 0 Å². The zero-order valence-corrected chi connectivity index (χ0v) is 13.1. The molecule has 0 saturated carbocycles. The average Bonchev–Trinajstić information content (AvgIpc) is 2.55. The molecule has 0 aliphatic rings. The van der Waals surface area contributed by atoms with Crippen LogP contribution in [0.4, 0.5) is 10.1 Å². The first-order chi connectivity index (χ1) is 11.4. The van der Waals surface area contributed by atoms with Crippen LogP contribution < -0.4 is 11.1 Å². The largest absolute Gasteiger partial charge is 0.366 e. The third-order valence-electron chi connectivity index (χ3n) is 3.62. The molecule has 0 fully saturated rings. The summed E-state index contributed by atoms with van der Waals surface area (Å²) < 4.78 is 12.8. The fourth-order valence-electron chi connectivity index (χ4n) is 2.26. The lowest BCUT2D eigenvalue weighted by Crippen LogP contribution is -2.17. The number of amides is 2. The SMILES string of the molecule is Cc1c(NC(=O)CCC(=O)c2ccc(F)cc2)cccc1C(N)=O.